The second-order valence-corrected chi connectivity index (χ2v) is 12.9. The number of anilines is 2. The van der Waals surface area contributed by atoms with Crippen molar-refractivity contribution in [2.75, 3.05) is 49.6 Å². The summed E-state index contributed by atoms with van der Waals surface area (Å²) in [6.45, 7) is 1.36. The Bertz CT molecular complexity index is 1280. The summed E-state index contributed by atoms with van der Waals surface area (Å²) in [6.07, 6.45) is 1.59. The fourth-order valence-electron chi connectivity index (χ4n) is 5.49. The molecule has 2 aliphatic carbocycles. The van der Waals surface area contributed by atoms with Gasteiger partial charge in [-0.2, -0.15) is 13.2 Å². The van der Waals surface area contributed by atoms with Crippen molar-refractivity contribution in [1.29, 1.82) is 0 Å². The number of ether oxygens (including phenoxy) is 1. The Morgan fingerprint density at radius 3 is 2.33 bits per heavy atom. The number of carbonyl (C=O) groups is 3. The second-order valence-electron chi connectivity index (χ2n) is 11.2. The summed E-state index contributed by atoms with van der Waals surface area (Å²) in [5.74, 6) is -0.644. The van der Waals surface area contributed by atoms with Crippen LogP contribution in [0.5, 0.6) is 0 Å². The van der Waals surface area contributed by atoms with Gasteiger partial charge in [-0.3, -0.25) is 19.3 Å². The van der Waals surface area contributed by atoms with Crippen LogP contribution in [0.3, 0.4) is 0 Å². The van der Waals surface area contributed by atoms with E-state index in [9.17, 15) is 27.6 Å². The van der Waals surface area contributed by atoms with Crippen LogP contribution in [0.1, 0.15) is 53.8 Å². The van der Waals surface area contributed by atoms with Crippen molar-refractivity contribution < 1.29 is 32.3 Å². The Kier molecular flexibility index (Phi) is 9.76. The van der Waals surface area contributed by atoms with Crippen LogP contribution in [0.2, 0.25) is 4.34 Å². The highest BCUT2D eigenvalue weighted by atomic mass is 35.5. The Balaban J connectivity index is 1.40. The zero-order valence-corrected chi connectivity index (χ0v) is 24.6. The molecule has 3 fully saturated rings. The number of morpholine rings is 1. The lowest BCUT2D eigenvalue weighted by Crippen LogP contribution is -2.54. The van der Waals surface area contributed by atoms with Crippen LogP contribution in [0.25, 0.3) is 0 Å². The van der Waals surface area contributed by atoms with Gasteiger partial charge in [0.15, 0.2) is 0 Å². The summed E-state index contributed by atoms with van der Waals surface area (Å²) in [7, 11) is 0. The van der Waals surface area contributed by atoms with Gasteiger partial charge in [-0.15, -0.1) is 11.3 Å². The summed E-state index contributed by atoms with van der Waals surface area (Å²) in [5.41, 5.74) is -1.36. The molecule has 2 N–H and O–H groups in total. The van der Waals surface area contributed by atoms with E-state index in [1.54, 1.807) is 12.1 Å². The smallest absolute Gasteiger partial charge is 0.370 e. The summed E-state index contributed by atoms with van der Waals surface area (Å²) in [4.78, 5) is 42.6. The summed E-state index contributed by atoms with van der Waals surface area (Å²) in [6, 6.07) is 5.78. The minimum Gasteiger partial charge on any atom is -0.370 e. The third-order valence-electron chi connectivity index (χ3n) is 8.30. The van der Waals surface area contributed by atoms with Crippen LogP contribution in [-0.4, -0.2) is 68.1 Å². The summed E-state index contributed by atoms with van der Waals surface area (Å²) >= 11 is 7.09. The van der Waals surface area contributed by atoms with Crippen molar-refractivity contribution >= 4 is 52.0 Å². The number of hydrogen-bond donors (Lipinski definition) is 2. The fraction of sp³-hybridized carbons (Fsp3) is 0.552. The molecule has 1 aromatic carbocycles. The van der Waals surface area contributed by atoms with Gasteiger partial charge >= 0.3 is 6.18 Å². The number of carbonyl (C=O) groups excluding carboxylic acids is 3. The molecule has 0 spiro atoms. The lowest BCUT2D eigenvalue weighted by Gasteiger charge is -2.40. The zero-order chi connectivity index (χ0) is 29.9. The molecule has 5 rings (SSSR count). The third-order valence-corrected chi connectivity index (χ3v) is 9.53. The number of alkyl halides is 3. The van der Waals surface area contributed by atoms with Crippen molar-refractivity contribution in [2.24, 2.45) is 11.8 Å². The van der Waals surface area contributed by atoms with Crippen LogP contribution in [-0.2, 0) is 20.5 Å². The SMILES string of the molecule is O=C(NC[C@@H](C(=O)Nc1ccc(N2CCOCC2=O)cc1C(F)(F)F)N(CC1CCC1)CC1CCC1)c1ccc(Cl)s1. The molecule has 1 saturated heterocycles. The van der Waals surface area contributed by atoms with Crippen LogP contribution in [0, 0.1) is 11.8 Å². The number of rotatable bonds is 11. The normalized spacial score (nSPS) is 18.9. The molecular weight excluding hydrogens is 593 g/mol. The van der Waals surface area contributed by atoms with Gasteiger partial charge in [0, 0.05) is 31.9 Å². The van der Waals surface area contributed by atoms with Crippen molar-refractivity contribution in [2.45, 2.75) is 50.7 Å². The molecule has 3 amide bonds. The predicted molar refractivity (Wildman–Crippen MR) is 155 cm³/mol. The topological polar surface area (TPSA) is 91.0 Å². The highest BCUT2D eigenvalue weighted by Crippen LogP contribution is 2.38. The van der Waals surface area contributed by atoms with Gasteiger partial charge in [-0.05, 0) is 67.9 Å². The average Bonchev–Trinajstić information content (AvgIpc) is 3.34. The van der Waals surface area contributed by atoms with E-state index in [2.05, 4.69) is 10.6 Å². The van der Waals surface area contributed by atoms with Gasteiger partial charge in [0.1, 0.15) is 12.6 Å². The van der Waals surface area contributed by atoms with E-state index in [-0.39, 0.29) is 32.0 Å². The number of nitrogens with zero attached hydrogens (tertiary/aromatic N) is 2. The first kappa shape index (κ1) is 30.8. The number of nitrogens with one attached hydrogen (secondary N) is 2. The molecule has 8 nitrogen and oxygen atoms in total. The first-order chi connectivity index (χ1) is 20.1. The van der Waals surface area contributed by atoms with Gasteiger partial charge in [0.2, 0.25) is 5.91 Å². The summed E-state index contributed by atoms with van der Waals surface area (Å²) in [5, 5.41) is 5.34. The molecule has 228 valence electrons. The largest absolute Gasteiger partial charge is 0.418 e. The van der Waals surface area contributed by atoms with Crippen LogP contribution >= 0.6 is 22.9 Å². The number of amides is 3. The summed E-state index contributed by atoms with van der Waals surface area (Å²) < 4.78 is 48.3. The van der Waals surface area contributed by atoms with E-state index in [1.165, 1.54) is 17.0 Å². The number of thiophene rings is 1. The monoisotopic (exact) mass is 626 g/mol. The average molecular weight is 627 g/mol. The highest BCUT2D eigenvalue weighted by Gasteiger charge is 2.38. The molecule has 2 saturated carbocycles. The Hall–Kier alpha value is -2.67. The van der Waals surface area contributed by atoms with Crippen molar-refractivity contribution in [1.82, 2.24) is 10.2 Å². The Labute approximate surface area is 251 Å². The highest BCUT2D eigenvalue weighted by molar-refractivity contribution is 7.18. The van der Waals surface area contributed by atoms with Crippen molar-refractivity contribution in [3.05, 3.63) is 45.1 Å². The quantitative estimate of drug-likeness (QED) is 0.348. The lowest BCUT2D eigenvalue weighted by atomic mass is 9.82. The fourth-order valence-corrected chi connectivity index (χ4v) is 6.45. The van der Waals surface area contributed by atoms with E-state index in [1.807, 2.05) is 4.90 Å². The molecule has 1 aliphatic heterocycles. The standard InChI is InChI=1S/C29H34ClF3N4O4S/c30-25-10-9-24(42-25)28(40)34-14-23(36(15-18-3-1-4-18)16-19-5-2-6-19)27(39)35-22-8-7-20(13-21(22)29(31,32)33)37-11-12-41-17-26(37)38/h7-10,13,18-19,23H,1-6,11-12,14-17H2,(H,34,40)(H,35,39)/t23-/m0/s1. The van der Waals surface area contributed by atoms with Crippen LogP contribution in [0.15, 0.2) is 30.3 Å². The molecular formula is C29H34ClF3N4O4S. The maximum Gasteiger partial charge on any atom is 0.418 e. The molecule has 0 bridgehead atoms. The molecule has 2 aromatic rings. The first-order valence-corrected chi connectivity index (χ1v) is 15.5. The van der Waals surface area contributed by atoms with Crippen molar-refractivity contribution in [3.8, 4) is 0 Å². The molecule has 1 aromatic heterocycles. The minimum absolute atomic E-state index is 0.0681. The van der Waals surface area contributed by atoms with Crippen molar-refractivity contribution in [3.63, 3.8) is 0 Å². The van der Waals surface area contributed by atoms with E-state index < -0.39 is 41.2 Å². The predicted octanol–water partition coefficient (Wildman–Crippen LogP) is 5.42. The Morgan fingerprint density at radius 1 is 1.10 bits per heavy atom. The van der Waals surface area contributed by atoms with E-state index in [4.69, 9.17) is 16.3 Å². The van der Waals surface area contributed by atoms with E-state index in [0.717, 1.165) is 55.9 Å². The first-order valence-electron chi connectivity index (χ1n) is 14.3. The van der Waals surface area contributed by atoms with Gasteiger partial charge < -0.3 is 20.3 Å². The maximum atomic E-state index is 14.2. The molecule has 13 heteroatoms. The maximum absolute atomic E-state index is 14.2. The number of hydrogen-bond acceptors (Lipinski definition) is 6. The molecule has 2 heterocycles. The zero-order valence-electron chi connectivity index (χ0n) is 23.1. The molecule has 1 atom stereocenters. The van der Waals surface area contributed by atoms with Gasteiger partial charge in [0.25, 0.3) is 11.8 Å². The van der Waals surface area contributed by atoms with Gasteiger partial charge in [-0.1, -0.05) is 24.4 Å². The van der Waals surface area contributed by atoms with Crippen LogP contribution < -0.4 is 15.5 Å². The van der Waals surface area contributed by atoms with Crippen LogP contribution in [0.4, 0.5) is 24.5 Å². The minimum atomic E-state index is -4.78. The van der Waals surface area contributed by atoms with E-state index in [0.29, 0.717) is 34.1 Å². The second kappa shape index (κ2) is 13.3. The molecule has 0 radical (unpaired) electrons. The van der Waals surface area contributed by atoms with Gasteiger partial charge in [-0.25, -0.2) is 0 Å². The lowest BCUT2D eigenvalue weighted by molar-refractivity contribution is -0.137. The molecule has 3 aliphatic rings. The molecule has 42 heavy (non-hydrogen) atoms. The van der Waals surface area contributed by atoms with Gasteiger partial charge in [0.05, 0.1) is 27.1 Å². The Morgan fingerprint density at radius 2 is 1.79 bits per heavy atom. The number of benzene rings is 1. The number of halogens is 4. The third kappa shape index (κ3) is 7.45. The van der Waals surface area contributed by atoms with E-state index >= 15 is 0 Å². The molecule has 0 unspecified atom stereocenters.